The summed E-state index contributed by atoms with van der Waals surface area (Å²) in [7, 11) is 0. The van der Waals surface area contributed by atoms with Crippen molar-refractivity contribution in [3.63, 3.8) is 0 Å². The van der Waals surface area contributed by atoms with Gasteiger partial charge >= 0.3 is 6.18 Å². The predicted octanol–water partition coefficient (Wildman–Crippen LogP) is 4.33. The van der Waals surface area contributed by atoms with Crippen LogP contribution in [0.15, 0.2) is 18.2 Å². The van der Waals surface area contributed by atoms with E-state index in [9.17, 15) is 22.0 Å². The van der Waals surface area contributed by atoms with Crippen LogP contribution in [0.2, 0.25) is 0 Å². The minimum atomic E-state index is -4.17. The smallest absolute Gasteiger partial charge is 0.324 e. The summed E-state index contributed by atoms with van der Waals surface area (Å²) in [6.45, 7) is 0. The molecule has 2 N–H and O–H groups in total. The highest BCUT2D eigenvalue weighted by atomic mass is 19.4. The Morgan fingerprint density at radius 1 is 1.05 bits per heavy atom. The van der Waals surface area contributed by atoms with Gasteiger partial charge in [-0.05, 0) is 37.7 Å². The van der Waals surface area contributed by atoms with Crippen molar-refractivity contribution < 1.29 is 22.0 Å². The van der Waals surface area contributed by atoms with E-state index in [0.29, 0.717) is 12.8 Å². The van der Waals surface area contributed by atoms with Gasteiger partial charge in [0.15, 0.2) is 0 Å². The Bertz CT molecular complexity index is 463. The predicted molar refractivity (Wildman–Crippen MR) is 64.8 cm³/mol. The zero-order valence-corrected chi connectivity index (χ0v) is 10.8. The van der Waals surface area contributed by atoms with Crippen LogP contribution in [0.25, 0.3) is 0 Å². The molecule has 1 aromatic rings. The molecule has 112 valence electrons. The van der Waals surface area contributed by atoms with Crippen molar-refractivity contribution in [1.82, 2.24) is 0 Å². The molecule has 0 saturated heterocycles. The molecule has 6 heteroatoms. The average molecular weight is 293 g/mol. The summed E-state index contributed by atoms with van der Waals surface area (Å²) < 4.78 is 64.2. The Morgan fingerprint density at radius 3 is 2.15 bits per heavy atom. The van der Waals surface area contributed by atoms with Gasteiger partial charge in [-0.3, -0.25) is 0 Å². The Morgan fingerprint density at radius 2 is 1.65 bits per heavy atom. The molecule has 1 fully saturated rings. The van der Waals surface area contributed by atoms with E-state index in [1.165, 1.54) is 6.07 Å². The van der Waals surface area contributed by atoms with Crippen LogP contribution in [0.4, 0.5) is 22.0 Å². The fraction of sp³-hybridized carbons (Fsp3) is 0.571. The van der Waals surface area contributed by atoms with Gasteiger partial charge in [-0.15, -0.1) is 0 Å². The molecular formula is C14H16F5N. The normalized spacial score (nSPS) is 25.5. The first kappa shape index (κ1) is 15.2. The minimum absolute atomic E-state index is 0.0185. The van der Waals surface area contributed by atoms with Crippen LogP contribution in [0.3, 0.4) is 0 Å². The first-order chi connectivity index (χ1) is 9.29. The fourth-order valence-corrected chi connectivity index (χ4v) is 2.83. The highest BCUT2D eigenvalue weighted by Crippen LogP contribution is 2.42. The SMILES string of the molecule is NC(c1ccc(F)cc1F)C1CCC(C(F)(F)F)CC1. The zero-order valence-electron chi connectivity index (χ0n) is 10.8. The summed E-state index contributed by atoms with van der Waals surface area (Å²) in [6.07, 6.45) is -3.52. The second-order valence-electron chi connectivity index (χ2n) is 5.34. The highest BCUT2D eigenvalue weighted by Gasteiger charge is 2.42. The van der Waals surface area contributed by atoms with E-state index < -0.39 is 29.8 Å². The molecule has 20 heavy (non-hydrogen) atoms. The second kappa shape index (κ2) is 5.68. The highest BCUT2D eigenvalue weighted by molar-refractivity contribution is 5.22. The lowest BCUT2D eigenvalue weighted by molar-refractivity contribution is -0.184. The van der Waals surface area contributed by atoms with E-state index in [1.54, 1.807) is 0 Å². The first-order valence-electron chi connectivity index (χ1n) is 6.56. The van der Waals surface area contributed by atoms with Crippen LogP contribution >= 0.6 is 0 Å². The second-order valence-corrected chi connectivity index (χ2v) is 5.34. The van der Waals surface area contributed by atoms with Crippen LogP contribution in [0, 0.1) is 23.5 Å². The number of nitrogens with two attached hydrogens (primary N) is 1. The van der Waals surface area contributed by atoms with Crippen molar-refractivity contribution in [3.8, 4) is 0 Å². The van der Waals surface area contributed by atoms with Gasteiger partial charge in [-0.1, -0.05) is 6.07 Å². The quantitative estimate of drug-likeness (QED) is 0.807. The molecule has 0 aromatic heterocycles. The fourth-order valence-electron chi connectivity index (χ4n) is 2.83. The molecule has 0 heterocycles. The molecule has 0 amide bonds. The van der Waals surface area contributed by atoms with Crippen LogP contribution < -0.4 is 5.73 Å². The van der Waals surface area contributed by atoms with Gasteiger partial charge in [-0.2, -0.15) is 13.2 Å². The molecule has 1 aliphatic carbocycles. The molecule has 0 bridgehead atoms. The summed E-state index contributed by atoms with van der Waals surface area (Å²) in [5.74, 6) is -2.92. The Labute approximate surface area is 114 Å². The Hall–Kier alpha value is -1.17. The minimum Gasteiger partial charge on any atom is -0.324 e. The lowest BCUT2D eigenvalue weighted by Crippen LogP contribution is -2.32. The van der Waals surface area contributed by atoms with E-state index >= 15 is 0 Å². The molecule has 1 unspecified atom stereocenters. The molecule has 1 aliphatic rings. The van der Waals surface area contributed by atoms with Crippen LogP contribution in [-0.2, 0) is 0 Å². The van der Waals surface area contributed by atoms with Crippen LogP contribution in [-0.4, -0.2) is 6.18 Å². The molecular weight excluding hydrogens is 277 g/mol. The third-order valence-corrected chi connectivity index (χ3v) is 4.06. The van der Waals surface area contributed by atoms with E-state index in [4.69, 9.17) is 5.73 Å². The van der Waals surface area contributed by atoms with Gasteiger partial charge in [0.2, 0.25) is 0 Å². The van der Waals surface area contributed by atoms with Gasteiger partial charge in [0.25, 0.3) is 0 Å². The molecule has 0 radical (unpaired) electrons. The zero-order chi connectivity index (χ0) is 14.9. The maximum Gasteiger partial charge on any atom is 0.391 e. The lowest BCUT2D eigenvalue weighted by atomic mass is 9.76. The number of hydrogen-bond donors (Lipinski definition) is 1. The Kier molecular flexibility index (Phi) is 4.32. The van der Waals surface area contributed by atoms with Gasteiger partial charge in [0.05, 0.1) is 5.92 Å². The van der Waals surface area contributed by atoms with E-state index in [-0.39, 0.29) is 24.3 Å². The molecule has 1 aromatic carbocycles. The molecule has 1 nitrogen and oxygen atoms in total. The van der Waals surface area contributed by atoms with Crippen LogP contribution in [0.5, 0.6) is 0 Å². The van der Waals surface area contributed by atoms with Gasteiger partial charge in [0, 0.05) is 17.7 Å². The summed E-state index contributed by atoms with van der Waals surface area (Å²) in [5.41, 5.74) is 6.10. The summed E-state index contributed by atoms with van der Waals surface area (Å²) in [6, 6.07) is 2.44. The number of halogens is 5. The number of alkyl halides is 3. The van der Waals surface area contributed by atoms with Gasteiger partial charge in [0.1, 0.15) is 11.6 Å². The van der Waals surface area contributed by atoms with Crippen molar-refractivity contribution in [2.75, 3.05) is 0 Å². The summed E-state index contributed by atoms with van der Waals surface area (Å²) >= 11 is 0. The third-order valence-electron chi connectivity index (χ3n) is 4.06. The number of hydrogen-bond acceptors (Lipinski definition) is 1. The molecule has 0 aliphatic heterocycles. The van der Waals surface area contributed by atoms with E-state index in [1.807, 2.05) is 0 Å². The van der Waals surface area contributed by atoms with Crippen molar-refractivity contribution in [2.45, 2.75) is 37.9 Å². The standard InChI is InChI=1S/C14H16F5N/c15-10-5-6-11(12(16)7-10)13(20)8-1-3-9(4-2-8)14(17,18)19/h5-9,13H,1-4,20H2. The molecule has 0 spiro atoms. The molecule has 1 atom stereocenters. The summed E-state index contributed by atoms with van der Waals surface area (Å²) in [5, 5.41) is 0. The lowest BCUT2D eigenvalue weighted by Gasteiger charge is -2.33. The maximum atomic E-state index is 13.6. The number of benzene rings is 1. The molecule has 2 rings (SSSR count). The summed E-state index contributed by atoms with van der Waals surface area (Å²) in [4.78, 5) is 0. The van der Waals surface area contributed by atoms with Crippen molar-refractivity contribution in [3.05, 3.63) is 35.4 Å². The van der Waals surface area contributed by atoms with Crippen molar-refractivity contribution in [2.24, 2.45) is 17.6 Å². The average Bonchev–Trinajstić information content (AvgIpc) is 2.37. The topological polar surface area (TPSA) is 26.0 Å². The van der Waals surface area contributed by atoms with Gasteiger partial charge < -0.3 is 5.73 Å². The van der Waals surface area contributed by atoms with Crippen molar-refractivity contribution >= 4 is 0 Å². The molecule has 1 saturated carbocycles. The van der Waals surface area contributed by atoms with Crippen molar-refractivity contribution in [1.29, 1.82) is 0 Å². The Balaban J connectivity index is 2.03. The van der Waals surface area contributed by atoms with E-state index in [2.05, 4.69) is 0 Å². The maximum absolute atomic E-state index is 13.6. The number of rotatable bonds is 2. The first-order valence-corrected chi connectivity index (χ1v) is 6.56. The third kappa shape index (κ3) is 3.29. The van der Waals surface area contributed by atoms with E-state index in [0.717, 1.165) is 12.1 Å². The van der Waals surface area contributed by atoms with Crippen LogP contribution in [0.1, 0.15) is 37.3 Å². The largest absolute Gasteiger partial charge is 0.391 e. The van der Waals surface area contributed by atoms with Gasteiger partial charge in [-0.25, -0.2) is 8.78 Å². The monoisotopic (exact) mass is 293 g/mol.